The summed E-state index contributed by atoms with van der Waals surface area (Å²) in [5.41, 5.74) is 4.53. The fourth-order valence-electron chi connectivity index (χ4n) is 6.20. The van der Waals surface area contributed by atoms with E-state index in [1.807, 2.05) is 36.2 Å². The summed E-state index contributed by atoms with van der Waals surface area (Å²) < 4.78 is 44.3. The van der Waals surface area contributed by atoms with Crippen molar-refractivity contribution in [3.05, 3.63) is 36.2 Å². The number of halogens is 2. The molecule has 3 aromatic rings. The van der Waals surface area contributed by atoms with Crippen molar-refractivity contribution in [1.29, 1.82) is 0 Å². The Balaban J connectivity index is 1.17. The number of rotatable bonds is 8. The predicted molar refractivity (Wildman–Crippen MR) is 148 cm³/mol. The minimum Gasteiger partial charge on any atom is -0.395 e. The largest absolute Gasteiger partial charge is 0.395 e. The molecule has 0 amide bonds. The third-order valence-electron chi connectivity index (χ3n) is 8.94. The predicted octanol–water partition coefficient (Wildman–Crippen LogP) is 3.18. The van der Waals surface area contributed by atoms with Gasteiger partial charge in [-0.05, 0) is 56.2 Å². The maximum atomic E-state index is 13.7. The topological polar surface area (TPSA) is 112 Å². The lowest BCUT2D eigenvalue weighted by atomic mass is 9.93. The normalized spacial score (nSPS) is 24.7. The molecule has 0 radical (unpaired) electrons. The van der Waals surface area contributed by atoms with E-state index in [2.05, 4.69) is 29.9 Å². The van der Waals surface area contributed by atoms with Crippen LogP contribution in [0.5, 0.6) is 0 Å². The second-order valence-corrected chi connectivity index (χ2v) is 12.9. The van der Waals surface area contributed by atoms with E-state index in [9.17, 15) is 13.0 Å². The molecule has 4 heterocycles. The first-order valence-corrected chi connectivity index (χ1v) is 15.1. The quantitative estimate of drug-likeness (QED) is 0.425. The molecule has 4 aliphatic rings. The molecule has 1 aromatic carbocycles. The van der Waals surface area contributed by atoms with E-state index in [0.717, 1.165) is 48.6 Å². The fourth-order valence-corrected chi connectivity index (χ4v) is 6.86. The van der Waals surface area contributed by atoms with E-state index in [-0.39, 0.29) is 25.4 Å². The number of hydrogen-bond donors (Lipinski definition) is 2. The van der Waals surface area contributed by atoms with Gasteiger partial charge in [0, 0.05) is 54.9 Å². The summed E-state index contributed by atoms with van der Waals surface area (Å²) in [5, 5.41) is 18.0. The standard InChI is InChI=1S/C27H32F2N8O2S/c1-17-12-24(31-25(30-17)36-14-20-21(15-36)27(20,28)29)37-16-22(32-34-37)19-3-2-18(33-40(39)11-10-38)13-23(19)35-8-6-26(4-5-26)7-9-35/h2-3,12-13,16,20-21,33,38H,4-11,14-15H2,1H3. The van der Waals surface area contributed by atoms with Crippen LogP contribution in [0.2, 0.25) is 0 Å². The first-order chi connectivity index (χ1) is 19.2. The molecule has 2 saturated heterocycles. The Bertz CT molecular complexity index is 1450. The zero-order chi connectivity index (χ0) is 27.6. The fraction of sp³-hybridized carbons (Fsp3) is 0.556. The highest BCUT2D eigenvalue weighted by atomic mass is 32.2. The molecule has 2 aliphatic carbocycles. The van der Waals surface area contributed by atoms with Gasteiger partial charge >= 0.3 is 0 Å². The summed E-state index contributed by atoms with van der Waals surface area (Å²) >= 11 is 0. The van der Waals surface area contributed by atoms with Crippen molar-refractivity contribution in [2.75, 3.05) is 53.1 Å². The van der Waals surface area contributed by atoms with Gasteiger partial charge in [0.25, 0.3) is 5.92 Å². The Hall–Kier alpha value is -3.19. The minimum atomic E-state index is -2.56. The van der Waals surface area contributed by atoms with E-state index in [4.69, 9.17) is 5.11 Å². The van der Waals surface area contributed by atoms with Crippen molar-refractivity contribution in [2.45, 2.75) is 38.5 Å². The number of hydrogen-bond acceptors (Lipinski definition) is 8. The number of aliphatic hydroxyl groups excluding tert-OH is 1. The number of aliphatic hydroxyl groups is 1. The number of aromatic nitrogens is 5. The number of nitrogens with zero attached hydrogens (tertiary/aromatic N) is 7. The molecule has 1 spiro atoms. The molecule has 13 heteroatoms. The molecule has 2 aliphatic heterocycles. The summed E-state index contributed by atoms with van der Waals surface area (Å²) in [5.74, 6) is -2.67. The van der Waals surface area contributed by atoms with Crippen LogP contribution in [0.4, 0.5) is 26.1 Å². The lowest BCUT2D eigenvalue weighted by molar-refractivity contribution is 0.0796. The molecule has 3 atom stereocenters. The van der Waals surface area contributed by atoms with Crippen LogP contribution in [0.3, 0.4) is 0 Å². The van der Waals surface area contributed by atoms with Crippen molar-refractivity contribution >= 4 is 28.3 Å². The van der Waals surface area contributed by atoms with Gasteiger partial charge in [0.05, 0.1) is 30.4 Å². The molecule has 2 saturated carbocycles. The maximum absolute atomic E-state index is 13.7. The zero-order valence-corrected chi connectivity index (χ0v) is 23.1. The van der Waals surface area contributed by atoms with Gasteiger partial charge in [0.1, 0.15) is 16.7 Å². The third-order valence-corrected chi connectivity index (χ3v) is 9.96. The Morgan fingerprint density at radius 1 is 1.07 bits per heavy atom. The summed E-state index contributed by atoms with van der Waals surface area (Å²) in [7, 11) is -1.38. The summed E-state index contributed by atoms with van der Waals surface area (Å²) in [6, 6.07) is 7.62. The van der Waals surface area contributed by atoms with Gasteiger partial charge in [-0.15, -0.1) is 5.10 Å². The van der Waals surface area contributed by atoms with E-state index < -0.39 is 28.7 Å². The monoisotopic (exact) mass is 570 g/mol. The molecular weight excluding hydrogens is 538 g/mol. The Morgan fingerprint density at radius 3 is 2.52 bits per heavy atom. The van der Waals surface area contributed by atoms with Crippen molar-refractivity contribution in [2.24, 2.45) is 17.3 Å². The first-order valence-electron chi connectivity index (χ1n) is 13.8. The number of anilines is 3. The number of benzene rings is 1. The number of aryl methyl sites for hydroxylation is 1. The number of piperidine rings is 2. The number of nitrogens with one attached hydrogen (secondary N) is 1. The molecule has 4 fully saturated rings. The second kappa shape index (κ2) is 9.44. The Kier molecular flexibility index (Phi) is 6.08. The number of fused-ring (bicyclic) bond motifs is 1. The average molecular weight is 571 g/mol. The van der Waals surface area contributed by atoms with E-state index in [0.29, 0.717) is 22.9 Å². The smallest absolute Gasteiger partial charge is 0.258 e. The summed E-state index contributed by atoms with van der Waals surface area (Å²) in [4.78, 5) is 13.3. The van der Waals surface area contributed by atoms with Crippen LogP contribution in [-0.2, 0) is 11.0 Å². The summed E-state index contributed by atoms with van der Waals surface area (Å²) in [6.45, 7) is 4.09. The average Bonchev–Trinajstić information content (AvgIpc) is 3.54. The van der Waals surface area contributed by atoms with Crippen LogP contribution in [0.1, 0.15) is 31.4 Å². The highest BCUT2D eigenvalue weighted by Gasteiger charge is 2.72. The van der Waals surface area contributed by atoms with Crippen LogP contribution in [0.15, 0.2) is 30.5 Å². The zero-order valence-electron chi connectivity index (χ0n) is 22.3. The lowest BCUT2D eigenvalue weighted by Crippen LogP contribution is -2.34. The maximum Gasteiger partial charge on any atom is 0.258 e. The molecule has 7 rings (SSSR count). The van der Waals surface area contributed by atoms with Gasteiger partial charge < -0.3 is 19.6 Å². The van der Waals surface area contributed by atoms with E-state index in [1.54, 1.807) is 10.7 Å². The van der Waals surface area contributed by atoms with Crippen LogP contribution in [0.25, 0.3) is 17.1 Å². The van der Waals surface area contributed by atoms with Gasteiger partial charge in [-0.2, -0.15) is 4.98 Å². The molecular formula is C27H32F2N8O2S. The van der Waals surface area contributed by atoms with Crippen molar-refractivity contribution in [1.82, 2.24) is 25.0 Å². The molecule has 10 nitrogen and oxygen atoms in total. The Labute approximate surface area is 233 Å². The van der Waals surface area contributed by atoms with Crippen LogP contribution in [0, 0.1) is 24.2 Å². The first kappa shape index (κ1) is 25.8. The van der Waals surface area contributed by atoms with Gasteiger partial charge in [-0.25, -0.2) is 22.7 Å². The highest BCUT2D eigenvalue weighted by Crippen LogP contribution is 2.59. The van der Waals surface area contributed by atoms with E-state index in [1.165, 1.54) is 12.8 Å². The molecule has 40 heavy (non-hydrogen) atoms. The molecule has 212 valence electrons. The third kappa shape index (κ3) is 4.62. The van der Waals surface area contributed by atoms with Crippen LogP contribution < -0.4 is 14.5 Å². The van der Waals surface area contributed by atoms with Crippen molar-refractivity contribution < 1.29 is 18.1 Å². The second-order valence-electron chi connectivity index (χ2n) is 11.6. The number of alkyl halides is 2. The van der Waals surface area contributed by atoms with Gasteiger partial charge in [-0.1, -0.05) is 5.21 Å². The molecule has 2 aromatic heterocycles. The lowest BCUT2D eigenvalue weighted by Gasteiger charge is -2.35. The molecule has 0 bridgehead atoms. The van der Waals surface area contributed by atoms with Crippen LogP contribution in [-0.4, -0.2) is 78.7 Å². The highest BCUT2D eigenvalue weighted by molar-refractivity contribution is 7.86. The van der Waals surface area contributed by atoms with Gasteiger partial charge in [-0.3, -0.25) is 0 Å². The molecule has 3 unspecified atom stereocenters. The minimum absolute atomic E-state index is 0.152. The van der Waals surface area contributed by atoms with Gasteiger partial charge in [0.15, 0.2) is 5.82 Å². The van der Waals surface area contributed by atoms with Gasteiger partial charge in [0.2, 0.25) is 5.95 Å². The van der Waals surface area contributed by atoms with Crippen molar-refractivity contribution in [3.63, 3.8) is 0 Å². The summed E-state index contributed by atoms with van der Waals surface area (Å²) in [6.07, 6.45) is 6.75. The van der Waals surface area contributed by atoms with Crippen LogP contribution >= 0.6 is 0 Å². The van der Waals surface area contributed by atoms with Crippen molar-refractivity contribution in [3.8, 4) is 17.1 Å². The SMILES string of the molecule is Cc1cc(-n2cc(-c3ccc(NS(=O)CCO)cc3N3CCC4(CC3)CC4)nn2)nc(N2CC3C(C2)C3(F)F)n1. The van der Waals surface area contributed by atoms with E-state index >= 15 is 0 Å². The Morgan fingerprint density at radius 2 is 1.82 bits per heavy atom. The molecule has 2 N–H and O–H groups in total.